The van der Waals surface area contributed by atoms with E-state index in [-0.39, 0.29) is 6.04 Å². The fourth-order valence-corrected chi connectivity index (χ4v) is 4.01. The Kier molecular flexibility index (Phi) is 8.36. The predicted octanol–water partition coefficient (Wildman–Crippen LogP) is 1.44. The minimum atomic E-state index is -1.52. The fraction of sp³-hybridized carbons (Fsp3) is 0.625. The largest absolute Gasteiger partial charge is 0.497 e. The lowest BCUT2D eigenvalue weighted by molar-refractivity contribution is -0.278. The van der Waals surface area contributed by atoms with Gasteiger partial charge in [0.05, 0.1) is 13.7 Å². The molecule has 0 amide bonds. The summed E-state index contributed by atoms with van der Waals surface area (Å²) in [6.45, 7) is 7.81. The van der Waals surface area contributed by atoms with Gasteiger partial charge in [0.25, 0.3) is 0 Å². The summed E-state index contributed by atoms with van der Waals surface area (Å²) in [7, 11) is 1.62. The van der Waals surface area contributed by atoms with Gasteiger partial charge in [-0.1, -0.05) is 26.0 Å². The first kappa shape index (κ1) is 25.5. The quantitative estimate of drug-likeness (QED) is 0.439. The van der Waals surface area contributed by atoms with Crippen molar-refractivity contribution < 1.29 is 34.6 Å². The van der Waals surface area contributed by atoms with E-state index in [1.54, 1.807) is 7.11 Å². The Morgan fingerprint density at radius 2 is 1.70 bits per heavy atom. The monoisotopic (exact) mass is 464 g/mol. The molecule has 1 fully saturated rings. The van der Waals surface area contributed by atoms with E-state index < -0.39 is 37.3 Å². The molecule has 4 N–H and O–H groups in total. The molecule has 1 aromatic carbocycles. The maximum atomic E-state index is 10.5. The molecule has 2 aromatic rings. The van der Waals surface area contributed by atoms with Crippen molar-refractivity contribution in [1.29, 1.82) is 0 Å². The Hall–Kier alpha value is -2.17. The summed E-state index contributed by atoms with van der Waals surface area (Å²) < 4.78 is 18.7. The molecule has 1 aromatic heterocycles. The molecular weight excluding hydrogens is 428 g/mol. The van der Waals surface area contributed by atoms with Gasteiger partial charge in [0.1, 0.15) is 30.2 Å². The van der Waals surface area contributed by atoms with E-state index in [4.69, 9.17) is 14.2 Å². The number of aliphatic hydroxyl groups excluding tert-OH is 4. The maximum absolute atomic E-state index is 10.5. The molecular formula is C24H36N2O7. The van der Waals surface area contributed by atoms with Crippen LogP contribution in [0.4, 0.5) is 0 Å². The molecule has 1 saturated heterocycles. The minimum Gasteiger partial charge on any atom is -0.497 e. The van der Waals surface area contributed by atoms with E-state index in [1.165, 1.54) is 0 Å². The molecule has 1 aliphatic rings. The highest BCUT2D eigenvalue weighted by Crippen LogP contribution is 2.32. The highest BCUT2D eigenvalue weighted by Gasteiger charge is 2.45. The van der Waals surface area contributed by atoms with Gasteiger partial charge in [-0.05, 0) is 43.9 Å². The first-order valence-corrected chi connectivity index (χ1v) is 11.4. The van der Waals surface area contributed by atoms with Crippen LogP contribution in [0.15, 0.2) is 24.3 Å². The van der Waals surface area contributed by atoms with Gasteiger partial charge in [-0.2, -0.15) is 0 Å². The summed E-state index contributed by atoms with van der Waals surface area (Å²) in [6.07, 6.45) is -5.52. The molecule has 0 radical (unpaired) electrons. The number of hydrogen-bond acceptors (Lipinski definition) is 8. The highest BCUT2D eigenvalue weighted by molar-refractivity contribution is 5.39. The van der Waals surface area contributed by atoms with Crippen molar-refractivity contribution in [3.8, 4) is 11.6 Å². The van der Waals surface area contributed by atoms with Gasteiger partial charge >= 0.3 is 0 Å². The predicted molar refractivity (Wildman–Crippen MR) is 121 cm³/mol. The number of rotatable bonds is 9. The van der Waals surface area contributed by atoms with Crippen LogP contribution < -0.4 is 9.47 Å². The number of ether oxygens (including phenoxy) is 3. The van der Waals surface area contributed by atoms with Gasteiger partial charge in [0.15, 0.2) is 0 Å². The lowest BCUT2D eigenvalue weighted by Crippen LogP contribution is -2.60. The van der Waals surface area contributed by atoms with Gasteiger partial charge in [-0.15, -0.1) is 5.10 Å². The summed E-state index contributed by atoms with van der Waals surface area (Å²) in [6, 6.07) is 7.80. The van der Waals surface area contributed by atoms with E-state index in [0.717, 1.165) is 29.0 Å². The first-order valence-electron chi connectivity index (χ1n) is 11.4. The Morgan fingerprint density at radius 1 is 1.03 bits per heavy atom. The molecule has 3 rings (SSSR count). The molecule has 0 aliphatic carbocycles. The van der Waals surface area contributed by atoms with E-state index >= 15 is 0 Å². The van der Waals surface area contributed by atoms with Crippen molar-refractivity contribution in [2.75, 3.05) is 13.7 Å². The van der Waals surface area contributed by atoms with E-state index in [2.05, 4.69) is 18.9 Å². The highest BCUT2D eigenvalue weighted by atomic mass is 16.7. The molecule has 2 heterocycles. The normalized spacial score (nSPS) is 25.6. The van der Waals surface area contributed by atoms with Crippen LogP contribution in [0.5, 0.6) is 11.6 Å². The minimum absolute atomic E-state index is 0.0699. The number of benzene rings is 1. The lowest BCUT2D eigenvalue weighted by atomic mass is 9.98. The van der Waals surface area contributed by atoms with Crippen molar-refractivity contribution in [3.63, 3.8) is 0 Å². The van der Waals surface area contributed by atoms with Gasteiger partial charge in [0, 0.05) is 23.7 Å². The van der Waals surface area contributed by atoms with E-state index in [0.29, 0.717) is 18.2 Å². The second-order valence-corrected chi connectivity index (χ2v) is 9.21. The van der Waals surface area contributed by atoms with Crippen LogP contribution in [0.2, 0.25) is 0 Å². The molecule has 0 spiro atoms. The topological polar surface area (TPSA) is 126 Å². The Labute approximate surface area is 194 Å². The zero-order valence-electron chi connectivity index (χ0n) is 19.9. The summed E-state index contributed by atoms with van der Waals surface area (Å²) in [4.78, 5) is 0. The van der Waals surface area contributed by atoms with Crippen LogP contribution in [0.3, 0.4) is 0 Å². The third kappa shape index (κ3) is 5.67. The summed E-state index contributed by atoms with van der Waals surface area (Å²) >= 11 is 0. The number of hydrogen-bond donors (Lipinski definition) is 4. The molecule has 184 valence electrons. The molecule has 0 bridgehead atoms. The van der Waals surface area contributed by atoms with Crippen LogP contribution >= 0.6 is 0 Å². The first-order chi connectivity index (χ1) is 15.7. The summed E-state index contributed by atoms with van der Waals surface area (Å²) in [5, 5.41) is 44.9. The van der Waals surface area contributed by atoms with Crippen LogP contribution in [0, 0.1) is 5.92 Å². The zero-order valence-corrected chi connectivity index (χ0v) is 19.9. The summed E-state index contributed by atoms with van der Waals surface area (Å²) in [5.74, 6) is 1.42. The van der Waals surface area contributed by atoms with Gasteiger partial charge in [-0.3, -0.25) is 4.68 Å². The molecule has 5 atom stereocenters. The average molecular weight is 465 g/mol. The molecule has 9 heteroatoms. The molecule has 0 saturated carbocycles. The fourth-order valence-electron chi connectivity index (χ4n) is 4.01. The molecule has 0 unspecified atom stereocenters. The Morgan fingerprint density at radius 3 is 2.24 bits per heavy atom. The second kappa shape index (κ2) is 10.8. The molecule has 9 nitrogen and oxygen atoms in total. The van der Waals surface area contributed by atoms with Gasteiger partial charge < -0.3 is 34.6 Å². The average Bonchev–Trinajstić information content (AvgIpc) is 3.11. The summed E-state index contributed by atoms with van der Waals surface area (Å²) in [5.41, 5.74) is 2.91. The van der Waals surface area contributed by atoms with Crippen LogP contribution in [0.25, 0.3) is 0 Å². The van der Waals surface area contributed by atoms with Crippen molar-refractivity contribution in [1.82, 2.24) is 9.78 Å². The molecule has 1 aliphatic heterocycles. The number of aromatic nitrogens is 2. The smallest absolute Gasteiger partial charge is 0.239 e. The number of aliphatic hydroxyl groups is 4. The SMILES string of the molecule is COc1ccc(Cc2c(O[C@@H]3O[C@H](CO)[C@@H](O)[C@H](O)[C@H]3O)nn(C(C)C)c2CC(C)C)cc1. The van der Waals surface area contributed by atoms with Gasteiger partial charge in [-0.25, -0.2) is 0 Å². The second-order valence-electron chi connectivity index (χ2n) is 9.21. The molecule has 33 heavy (non-hydrogen) atoms. The standard InChI is InChI=1S/C24H36N2O7/c1-13(2)10-18-17(11-15-6-8-16(31-5)9-7-15)23(25-26(18)14(3)4)33-24-22(30)21(29)20(28)19(12-27)32-24/h6-9,13-14,19-22,24,27-30H,10-12H2,1-5H3/t19-,20-,21+,22-,24+/m1/s1. The Bertz CT molecular complexity index is 895. The third-order valence-corrected chi connectivity index (χ3v) is 5.79. The zero-order chi connectivity index (χ0) is 24.3. The van der Waals surface area contributed by atoms with Crippen molar-refractivity contribution in [3.05, 3.63) is 41.1 Å². The number of nitrogens with zero attached hydrogens (tertiary/aromatic N) is 2. The lowest BCUT2D eigenvalue weighted by Gasteiger charge is -2.39. The van der Waals surface area contributed by atoms with E-state index in [9.17, 15) is 20.4 Å². The number of methoxy groups -OCH3 is 1. The maximum Gasteiger partial charge on any atom is 0.239 e. The van der Waals surface area contributed by atoms with Crippen LogP contribution in [-0.4, -0.2) is 74.6 Å². The van der Waals surface area contributed by atoms with Crippen LogP contribution in [0.1, 0.15) is 50.6 Å². The van der Waals surface area contributed by atoms with E-state index in [1.807, 2.05) is 42.8 Å². The third-order valence-electron chi connectivity index (χ3n) is 5.79. The van der Waals surface area contributed by atoms with Crippen LogP contribution in [-0.2, 0) is 17.6 Å². The van der Waals surface area contributed by atoms with Crippen molar-refractivity contribution >= 4 is 0 Å². The van der Waals surface area contributed by atoms with Crippen molar-refractivity contribution in [2.24, 2.45) is 5.92 Å². The van der Waals surface area contributed by atoms with Crippen molar-refractivity contribution in [2.45, 2.75) is 77.3 Å². The van der Waals surface area contributed by atoms with Gasteiger partial charge in [0.2, 0.25) is 12.2 Å². The Balaban J connectivity index is 1.99.